The van der Waals surface area contributed by atoms with Crippen LogP contribution in [0.2, 0.25) is 0 Å². The maximum atomic E-state index is 13.4. The molecular formula is C14H13FN2O2. The molecule has 1 N–H and O–H groups in total. The summed E-state index contributed by atoms with van der Waals surface area (Å²) in [5.74, 6) is -1.14. The minimum atomic E-state index is -0.643. The number of carbonyl (C=O) groups is 1. The fourth-order valence-corrected chi connectivity index (χ4v) is 1.61. The molecule has 0 saturated carbocycles. The molecule has 98 valence electrons. The molecule has 1 aromatic heterocycles. The maximum absolute atomic E-state index is 13.4. The second kappa shape index (κ2) is 6.06. The first-order valence-corrected chi connectivity index (χ1v) is 5.69. The van der Waals surface area contributed by atoms with E-state index in [1.165, 1.54) is 12.3 Å². The molecule has 0 bridgehead atoms. The molecule has 0 aliphatic rings. The number of nitrogens with zero attached hydrogens (tertiary/aromatic N) is 1. The smallest absolute Gasteiger partial charge is 0.258 e. The van der Waals surface area contributed by atoms with Gasteiger partial charge in [-0.1, -0.05) is 12.1 Å². The van der Waals surface area contributed by atoms with E-state index in [-0.39, 0.29) is 5.56 Å². The van der Waals surface area contributed by atoms with Crippen molar-refractivity contribution in [1.29, 1.82) is 0 Å². The van der Waals surface area contributed by atoms with Crippen LogP contribution in [0.5, 0.6) is 0 Å². The highest BCUT2D eigenvalue weighted by Crippen LogP contribution is 2.13. The van der Waals surface area contributed by atoms with E-state index in [4.69, 9.17) is 4.74 Å². The van der Waals surface area contributed by atoms with Gasteiger partial charge in [0, 0.05) is 19.0 Å². The van der Waals surface area contributed by atoms with Crippen LogP contribution >= 0.6 is 0 Å². The lowest BCUT2D eigenvalue weighted by molar-refractivity contribution is 0.102. The Morgan fingerprint density at radius 2 is 2.05 bits per heavy atom. The molecule has 0 fully saturated rings. The molecular weight excluding hydrogens is 247 g/mol. The number of ether oxygens (including phenoxy) is 1. The Balaban J connectivity index is 2.09. The van der Waals surface area contributed by atoms with Crippen LogP contribution in [0, 0.1) is 5.82 Å². The van der Waals surface area contributed by atoms with Gasteiger partial charge in [-0.2, -0.15) is 0 Å². The van der Waals surface area contributed by atoms with Crippen LogP contribution in [-0.4, -0.2) is 18.0 Å². The lowest BCUT2D eigenvalue weighted by Crippen LogP contribution is -2.13. The molecule has 4 nitrogen and oxygen atoms in total. The summed E-state index contributed by atoms with van der Waals surface area (Å²) in [4.78, 5) is 15.4. The molecule has 0 aliphatic heterocycles. The standard InChI is InChI=1S/C14H13FN2O2/c1-19-9-10-2-4-11(5-3-10)17-14(18)12-6-7-16-8-13(12)15/h2-8H,9H2,1H3,(H,17,18). The summed E-state index contributed by atoms with van der Waals surface area (Å²) in [5.41, 5.74) is 1.56. The van der Waals surface area contributed by atoms with Gasteiger partial charge < -0.3 is 10.1 Å². The third kappa shape index (κ3) is 3.35. The Kier molecular flexibility index (Phi) is 4.20. The van der Waals surface area contributed by atoms with Gasteiger partial charge in [0.1, 0.15) is 0 Å². The first-order chi connectivity index (χ1) is 9.20. The molecule has 2 rings (SSSR count). The van der Waals surface area contributed by atoms with Crippen LogP contribution in [0.15, 0.2) is 42.7 Å². The Labute approximate surface area is 110 Å². The highest BCUT2D eigenvalue weighted by molar-refractivity contribution is 6.04. The number of halogens is 1. The zero-order chi connectivity index (χ0) is 13.7. The van der Waals surface area contributed by atoms with Crippen molar-refractivity contribution in [3.63, 3.8) is 0 Å². The van der Waals surface area contributed by atoms with Crippen LogP contribution < -0.4 is 5.32 Å². The van der Waals surface area contributed by atoms with E-state index in [2.05, 4.69) is 10.3 Å². The molecule has 2 aromatic rings. The fourth-order valence-electron chi connectivity index (χ4n) is 1.61. The number of hydrogen-bond donors (Lipinski definition) is 1. The van der Waals surface area contributed by atoms with Gasteiger partial charge >= 0.3 is 0 Å². The SMILES string of the molecule is COCc1ccc(NC(=O)c2ccncc2F)cc1. The third-order valence-corrected chi connectivity index (χ3v) is 2.54. The largest absolute Gasteiger partial charge is 0.380 e. The summed E-state index contributed by atoms with van der Waals surface area (Å²) in [6.45, 7) is 0.507. The Morgan fingerprint density at radius 1 is 1.32 bits per heavy atom. The minimum Gasteiger partial charge on any atom is -0.380 e. The number of carbonyl (C=O) groups excluding carboxylic acids is 1. The van der Waals surface area contributed by atoms with Crippen molar-refractivity contribution in [1.82, 2.24) is 4.98 Å². The molecule has 0 saturated heterocycles. The van der Waals surface area contributed by atoms with E-state index in [1.807, 2.05) is 12.1 Å². The molecule has 19 heavy (non-hydrogen) atoms. The topological polar surface area (TPSA) is 51.2 Å². The first-order valence-electron chi connectivity index (χ1n) is 5.69. The van der Waals surface area contributed by atoms with Gasteiger partial charge in [-0.25, -0.2) is 4.39 Å². The minimum absolute atomic E-state index is 0.0315. The highest BCUT2D eigenvalue weighted by Gasteiger charge is 2.11. The van der Waals surface area contributed by atoms with Crippen molar-refractivity contribution < 1.29 is 13.9 Å². The van der Waals surface area contributed by atoms with Gasteiger partial charge in [0.15, 0.2) is 5.82 Å². The predicted molar refractivity (Wildman–Crippen MR) is 69.3 cm³/mol. The van der Waals surface area contributed by atoms with Crippen molar-refractivity contribution in [2.24, 2.45) is 0 Å². The monoisotopic (exact) mass is 260 g/mol. The molecule has 0 atom stereocenters. The van der Waals surface area contributed by atoms with Crippen LogP contribution in [-0.2, 0) is 11.3 Å². The normalized spacial score (nSPS) is 10.2. The molecule has 1 heterocycles. The van der Waals surface area contributed by atoms with Gasteiger partial charge in [0.05, 0.1) is 18.4 Å². The van der Waals surface area contributed by atoms with Gasteiger partial charge in [-0.3, -0.25) is 9.78 Å². The molecule has 1 amide bonds. The zero-order valence-corrected chi connectivity index (χ0v) is 10.4. The number of rotatable bonds is 4. The predicted octanol–water partition coefficient (Wildman–Crippen LogP) is 2.62. The molecule has 0 aliphatic carbocycles. The maximum Gasteiger partial charge on any atom is 0.258 e. The van der Waals surface area contributed by atoms with E-state index in [9.17, 15) is 9.18 Å². The average molecular weight is 260 g/mol. The lowest BCUT2D eigenvalue weighted by Gasteiger charge is -2.06. The number of anilines is 1. The van der Waals surface area contributed by atoms with Gasteiger partial charge in [-0.05, 0) is 23.8 Å². The zero-order valence-electron chi connectivity index (χ0n) is 10.4. The number of aromatic nitrogens is 1. The van der Waals surface area contributed by atoms with E-state index >= 15 is 0 Å². The molecule has 5 heteroatoms. The molecule has 0 radical (unpaired) electrons. The molecule has 0 unspecified atom stereocenters. The van der Waals surface area contributed by atoms with E-state index < -0.39 is 11.7 Å². The Bertz CT molecular complexity index is 570. The second-order valence-corrected chi connectivity index (χ2v) is 3.94. The molecule has 1 aromatic carbocycles. The van der Waals surface area contributed by atoms with Crippen molar-refractivity contribution in [3.05, 3.63) is 59.7 Å². The number of amides is 1. The molecule has 0 spiro atoms. The van der Waals surface area contributed by atoms with Crippen LogP contribution in [0.4, 0.5) is 10.1 Å². The fraction of sp³-hybridized carbons (Fsp3) is 0.143. The Morgan fingerprint density at radius 3 is 2.68 bits per heavy atom. The number of hydrogen-bond acceptors (Lipinski definition) is 3. The van der Waals surface area contributed by atoms with Gasteiger partial charge in [-0.15, -0.1) is 0 Å². The number of nitrogens with one attached hydrogen (secondary N) is 1. The van der Waals surface area contributed by atoms with Crippen molar-refractivity contribution in [2.75, 3.05) is 12.4 Å². The van der Waals surface area contributed by atoms with Crippen LogP contribution in [0.1, 0.15) is 15.9 Å². The van der Waals surface area contributed by atoms with E-state index in [1.54, 1.807) is 19.2 Å². The van der Waals surface area contributed by atoms with Crippen molar-refractivity contribution in [2.45, 2.75) is 6.61 Å². The summed E-state index contributed by atoms with van der Waals surface area (Å²) in [6.07, 6.45) is 2.39. The lowest BCUT2D eigenvalue weighted by atomic mass is 10.2. The van der Waals surface area contributed by atoms with Gasteiger partial charge in [0.25, 0.3) is 5.91 Å². The number of methoxy groups -OCH3 is 1. The highest BCUT2D eigenvalue weighted by atomic mass is 19.1. The van der Waals surface area contributed by atoms with Crippen LogP contribution in [0.25, 0.3) is 0 Å². The quantitative estimate of drug-likeness (QED) is 0.919. The van der Waals surface area contributed by atoms with E-state index in [0.717, 1.165) is 11.8 Å². The van der Waals surface area contributed by atoms with Crippen molar-refractivity contribution >= 4 is 11.6 Å². The summed E-state index contributed by atoms with van der Waals surface area (Å²) in [6, 6.07) is 8.49. The second-order valence-electron chi connectivity index (χ2n) is 3.94. The number of benzene rings is 1. The summed E-state index contributed by atoms with van der Waals surface area (Å²) < 4.78 is 18.4. The van der Waals surface area contributed by atoms with Crippen LogP contribution in [0.3, 0.4) is 0 Å². The number of pyridine rings is 1. The van der Waals surface area contributed by atoms with Crippen molar-refractivity contribution in [3.8, 4) is 0 Å². The van der Waals surface area contributed by atoms with E-state index in [0.29, 0.717) is 12.3 Å². The van der Waals surface area contributed by atoms with Gasteiger partial charge in [0.2, 0.25) is 0 Å². The third-order valence-electron chi connectivity index (χ3n) is 2.54. The summed E-state index contributed by atoms with van der Waals surface area (Å²) >= 11 is 0. The average Bonchev–Trinajstić information content (AvgIpc) is 2.42. The summed E-state index contributed by atoms with van der Waals surface area (Å²) in [5, 5.41) is 2.62. The summed E-state index contributed by atoms with van der Waals surface area (Å²) in [7, 11) is 1.61. The first kappa shape index (κ1) is 13.2. The Hall–Kier alpha value is -2.27.